The average Bonchev–Trinajstić information content (AvgIpc) is 2.78. The molecule has 0 radical (unpaired) electrons. The van der Waals surface area contributed by atoms with Crippen molar-refractivity contribution in [3.63, 3.8) is 0 Å². The Morgan fingerprint density at radius 3 is 3.00 bits per heavy atom. The molecule has 0 saturated heterocycles. The monoisotopic (exact) mass is 248 g/mol. The first kappa shape index (κ1) is 11.6. The number of hydrogen-bond acceptors (Lipinski definition) is 4. The lowest BCUT2D eigenvalue weighted by Gasteiger charge is -2.02. The SMILES string of the molecule is COc1ccc(-c2csc(CC#N)n2)cc1F. The Labute approximate surface area is 102 Å². The molecular weight excluding hydrogens is 239 g/mol. The highest BCUT2D eigenvalue weighted by Crippen LogP contribution is 2.26. The summed E-state index contributed by atoms with van der Waals surface area (Å²) in [5.41, 5.74) is 1.37. The van der Waals surface area contributed by atoms with Crippen LogP contribution in [0, 0.1) is 17.1 Å². The van der Waals surface area contributed by atoms with Crippen LogP contribution >= 0.6 is 11.3 Å². The van der Waals surface area contributed by atoms with Gasteiger partial charge < -0.3 is 4.74 Å². The summed E-state index contributed by atoms with van der Waals surface area (Å²) in [6.45, 7) is 0. The number of thiazole rings is 1. The molecule has 0 unspecified atom stereocenters. The van der Waals surface area contributed by atoms with Crippen LogP contribution in [0.25, 0.3) is 11.3 Å². The number of methoxy groups -OCH3 is 1. The minimum absolute atomic E-state index is 0.209. The van der Waals surface area contributed by atoms with Gasteiger partial charge in [-0.15, -0.1) is 11.3 Å². The third kappa shape index (κ3) is 2.43. The third-order valence-electron chi connectivity index (χ3n) is 2.23. The zero-order valence-electron chi connectivity index (χ0n) is 9.11. The fourth-order valence-electron chi connectivity index (χ4n) is 1.42. The van der Waals surface area contributed by atoms with Crippen molar-refractivity contribution in [2.75, 3.05) is 7.11 Å². The van der Waals surface area contributed by atoms with Crippen molar-refractivity contribution >= 4 is 11.3 Å². The van der Waals surface area contributed by atoms with Crippen LogP contribution in [0.3, 0.4) is 0 Å². The highest BCUT2D eigenvalue weighted by molar-refractivity contribution is 7.10. The van der Waals surface area contributed by atoms with E-state index in [-0.39, 0.29) is 12.2 Å². The fraction of sp³-hybridized carbons (Fsp3) is 0.167. The molecule has 5 heteroatoms. The summed E-state index contributed by atoms with van der Waals surface area (Å²) in [4.78, 5) is 4.26. The van der Waals surface area contributed by atoms with Gasteiger partial charge in [-0.1, -0.05) is 0 Å². The van der Waals surface area contributed by atoms with Crippen LogP contribution < -0.4 is 4.74 Å². The van der Waals surface area contributed by atoms with E-state index in [1.54, 1.807) is 12.1 Å². The molecule has 0 aliphatic rings. The van der Waals surface area contributed by atoms with Crippen molar-refractivity contribution in [2.24, 2.45) is 0 Å². The van der Waals surface area contributed by atoms with Crippen molar-refractivity contribution < 1.29 is 9.13 Å². The van der Waals surface area contributed by atoms with E-state index < -0.39 is 5.82 Å². The zero-order chi connectivity index (χ0) is 12.3. The van der Waals surface area contributed by atoms with Crippen LogP contribution in [-0.4, -0.2) is 12.1 Å². The minimum Gasteiger partial charge on any atom is -0.494 e. The van der Waals surface area contributed by atoms with Gasteiger partial charge in [0, 0.05) is 10.9 Å². The van der Waals surface area contributed by atoms with Crippen molar-refractivity contribution in [1.29, 1.82) is 5.26 Å². The summed E-state index contributed by atoms with van der Waals surface area (Å²) >= 11 is 1.40. The highest BCUT2D eigenvalue weighted by atomic mass is 32.1. The van der Waals surface area contributed by atoms with E-state index in [0.717, 1.165) is 5.01 Å². The van der Waals surface area contributed by atoms with Gasteiger partial charge in [-0.3, -0.25) is 0 Å². The number of benzene rings is 1. The summed E-state index contributed by atoms with van der Waals surface area (Å²) in [6, 6.07) is 6.72. The summed E-state index contributed by atoms with van der Waals surface area (Å²) in [6.07, 6.45) is 0.281. The van der Waals surface area contributed by atoms with Crippen LogP contribution in [0.1, 0.15) is 5.01 Å². The number of hydrogen-bond donors (Lipinski definition) is 0. The third-order valence-corrected chi connectivity index (χ3v) is 3.08. The normalized spacial score (nSPS) is 9.94. The van der Waals surface area contributed by atoms with Gasteiger partial charge in [-0.2, -0.15) is 5.26 Å². The first-order valence-corrected chi connectivity index (χ1v) is 5.78. The van der Waals surface area contributed by atoms with Gasteiger partial charge in [0.15, 0.2) is 11.6 Å². The maximum atomic E-state index is 13.5. The Hall–Kier alpha value is -1.93. The van der Waals surface area contributed by atoms with Crippen LogP contribution in [0.15, 0.2) is 23.6 Å². The predicted molar refractivity (Wildman–Crippen MR) is 63.4 cm³/mol. The Morgan fingerprint density at radius 1 is 1.53 bits per heavy atom. The molecule has 1 aromatic heterocycles. The number of nitrogens with zero attached hydrogens (tertiary/aromatic N) is 2. The van der Waals surface area contributed by atoms with Crippen LogP contribution in [0.4, 0.5) is 4.39 Å². The Balaban J connectivity index is 2.33. The molecule has 2 rings (SSSR count). The summed E-state index contributed by atoms with van der Waals surface area (Å²) in [7, 11) is 1.42. The maximum Gasteiger partial charge on any atom is 0.165 e. The lowest BCUT2D eigenvalue weighted by atomic mass is 10.1. The standard InChI is InChI=1S/C12H9FN2OS/c1-16-11-3-2-8(6-9(11)13)10-7-17-12(15-10)4-5-14/h2-3,6-7H,4H2,1H3. The maximum absolute atomic E-state index is 13.5. The molecule has 3 nitrogen and oxygen atoms in total. The van der Waals surface area contributed by atoms with Gasteiger partial charge >= 0.3 is 0 Å². The first-order valence-electron chi connectivity index (χ1n) is 4.90. The van der Waals surface area contributed by atoms with Gasteiger partial charge in [0.2, 0.25) is 0 Å². The van der Waals surface area contributed by atoms with Gasteiger partial charge in [-0.05, 0) is 18.2 Å². The minimum atomic E-state index is -0.417. The van der Waals surface area contributed by atoms with E-state index in [2.05, 4.69) is 4.98 Å². The molecule has 0 spiro atoms. The Morgan fingerprint density at radius 2 is 2.35 bits per heavy atom. The second-order valence-electron chi connectivity index (χ2n) is 3.31. The molecule has 17 heavy (non-hydrogen) atoms. The van der Waals surface area contributed by atoms with E-state index in [1.807, 2.05) is 11.4 Å². The number of ether oxygens (including phenoxy) is 1. The number of aromatic nitrogens is 1. The summed E-state index contributed by atoms with van der Waals surface area (Å²) < 4.78 is 18.3. The van der Waals surface area contributed by atoms with Gasteiger partial charge in [0.05, 0.1) is 25.3 Å². The molecule has 0 bridgehead atoms. The van der Waals surface area contributed by atoms with Crippen molar-refractivity contribution in [2.45, 2.75) is 6.42 Å². The van der Waals surface area contributed by atoms with Crippen LogP contribution in [0.2, 0.25) is 0 Å². The summed E-state index contributed by atoms with van der Waals surface area (Å²) in [5, 5.41) is 11.1. The van der Waals surface area contributed by atoms with Gasteiger partial charge in [0.1, 0.15) is 5.01 Å². The molecule has 0 saturated carbocycles. The first-order chi connectivity index (χ1) is 8.24. The lowest BCUT2D eigenvalue weighted by Crippen LogP contribution is -1.89. The second-order valence-corrected chi connectivity index (χ2v) is 4.25. The van der Waals surface area contributed by atoms with Crippen molar-refractivity contribution in [1.82, 2.24) is 4.98 Å². The molecule has 0 fully saturated rings. The quantitative estimate of drug-likeness (QED) is 0.838. The highest BCUT2D eigenvalue weighted by Gasteiger charge is 2.08. The van der Waals surface area contributed by atoms with E-state index in [9.17, 15) is 4.39 Å². The summed E-state index contributed by atoms with van der Waals surface area (Å²) in [5.74, 6) is -0.207. The van der Waals surface area contributed by atoms with Crippen LogP contribution in [0.5, 0.6) is 5.75 Å². The molecule has 0 atom stereocenters. The smallest absolute Gasteiger partial charge is 0.165 e. The van der Waals surface area contributed by atoms with E-state index in [1.165, 1.54) is 24.5 Å². The van der Waals surface area contributed by atoms with E-state index >= 15 is 0 Å². The van der Waals surface area contributed by atoms with Crippen molar-refractivity contribution in [3.05, 3.63) is 34.4 Å². The van der Waals surface area contributed by atoms with Crippen molar-refractivity contribution in [3.8, 4) is 23.1 Å². The van der Waals surface area contributed by atoms with Gasteiger partial charge in [-0.25, -0.2) is 9.37 Å². The average molecular weight is 248 g/mol. The Bertz CT molecular complexity index is 574. The largest absolute Gasteiger partial charge is 0.494 e. The zero-order valence-corrected chi connectivity index (χ0v) is 9.92. The van der Waals surface area contributed by atoms with E-state index in [4.69, 9.17) is 10.00 Å². The fourth-order valence-corrected chi connectivity index (χ4v) is 2.15. The predicted octanol–water partition coefficient (Wildman–Crippen LogP) is 3.02. The lowest BCUT2D eigenvalue weighted by molar-refractivity contribution is 0.386. The topological polar surface area (TPSA) is 45.9 Å². The molecule has 1 heterocycles. The van der Waals surface area contributed by atoms with Gasteiger partial charge in [0.25, 0.3) is 0 Å². The molecule has 86 valence electrons. The number of nitriles is 1. The number of rotatable bonds is 3. The molecule has 0 amide bonds. The molecule has 0 N–H and O–H groups in total. The number of halogens is 1. The second kappa shape index (κ2) is 4.93. The molecule has 0 aliphatic heterocycles. The molecule has 2 aromatic rings. The molecule has 0 aliphatic carbocycles. The van der Waals surface area contributed by atoms with E-state index in [0.29, 0.717) is 11.3 Å². The Kier molecular flexibility index (Phi) is 3.35. The van der Waals surface area contributed by atoms with Crippen LogP contribution in [-0.2, 0) is 6.42 Å². The molecule has 1 aromatic carbocycles. The molecular formula is C12H9FN2OS.